The number of nitrogens with zero attached hydrogens (tertiary/aromatic N) is 1. The highest BCUT2D eigenvalue weighted by Crippen LogP contribution is 2.24. The summed E-state index contributed by atoms with van der Waals surface area (Å²) in [7, 11) is -6.38. The average molecular weight is 467 g/mol. The third-order valence-electron chi connectivity index (χ3n) is 5.23. The predicted octanol–water partition coefficient (Wildman–Crippen LogP) is 3.15. The first-order chi connectivity index (χ1) is 14.6. The second-order valence-electron chi connectivity index (χ2n) is 7.42. The van der Waals surface area contributed by atoms with E-state index in [1.54, 1.807) is 6.92 Å². The van der Waals surface area contributed by atoms with Crippen LogP contribution < -0.4 is 4.72 Å². The quantitative estimate of drug-likeness (QED) is 0.655. The number of nitrogens with one attached hydrogen (secondary N) is 1. The summed E-state index contributed by atoms with van der Waals surface area (Å²) in [6, 6.07) is 9.79. The van der Waals surface area contributed by atoms with Crippen molar-refractivity contribution in [2.75, 3.05) is 24.9 Å². The van der Waals surface area contributed by atoms with Crippen molar-refractivity contribution in [1.29, 1.82) is 0 Å². The zero-order valence-electron chi connectivity index (χ0n) is 17.5. The van der Waals surface area contributed by atoms with Crippen molar-refractivity contribution in [3.8, 4) is 0 Å². The molecule has 0 atom stereocenters. The highest BCUT2D eigenvalue weighted by Gasteiger charge is 2.25. The smallest absolute Gasteiger partial charge is 0.338 e. The molecule has 0 saturated carbocycles. The van der Waals surface area contributed by atoms with Gasteiger partial charge in [0.2, 0.25) is 10.0 Å². The number of carbonyl (C=O) groups is 1. The van der Waals surface area contributed by atoms with Crippen molar-refractivity contribution in [2.24, 2.45) is 0 Å². The van der Waals surface area contributed by atoms with Gasteiger partial charge in [0, 0.05) is 18.8 Å². The summed E-state index contributed by atoms with van der Waals surface area (Å²) in [6.45, 7) is 2.67. The summed E-state index contributed by atoms with van der Waals surface area (Å²) in [5.41, 5.74) is 0.966. The number of anilines is 1. The topological polar surface area (TPSA) is 110 Å². The van der Waals surface area contributed by atoms with Crippen LogP contribution in [0.25, 0.3) is 0 Å². The Morgan fingerprint density at radius 2 is 1.48 bits per heavy atom. The lowest BCUT2D eigenvalue weighted by atomic mass is 10.1. The van der Waals surface area contributed by atoms with Crippen molar-refractivity contribution < 1.29 is 26.4 Å². The number of methoxy groups -OCH3 is 1. The van der Waals surface area contributed by atoms with Gasteiger partial charge in [-0.25, -0.2) is 21.6 Å². The lowest BCUT2D eigenvalue weighted by molar-refractivity contribution is 0.0599. The van der Waals surface area contributed by atoms with Gasteiger partial charge in [0.05, 0.1) is 22.5 Å². The molecule has 8 nitrogen and oxygen atoms in total. The Balaban J connectivity index is 1.81. The second-order valence-corrected chi connectivity index (χ2v) is 11.0. The summed E-state index contributed by atoms with van der Waals surface area (Å²) >= 11 is 0. The van der Waals surface area contributed by atoms with Gasteiger partial charge in [-0.05, 0) is 61.7 Å². The maximum Gasteiger partial charge on any atom is 0.338 e. The number of sulfonamides is 2. The summed E-state index contributed by atoms with van der Waals surface area (Å²) in [6.07, 6.45) is 3.70. The van der Waals surface area contributed by atoms with E-state index in [4.69, 9.17) is 4.74 Å². The van der Waals surface area contributed by atoms with Gasteiger partial charge in [0.1, 0.15) is 0 Å². The fourth-order valence-electron chi connectivity index (χ4n) is 3.44. The monoisotopic (exact) mass is 466 g/mol. The molecule has 1 N–H and O–H groups in total. The Labute approximate surface area is 183 Å². The molecule has 1 aliphatic rings. The van der Waals surface area contributed by atoms with E-state index in [1.165, 1.54) is 53.9 Å². The van der Waals surface area contributed by atoms with E-state index >= 15 is 0 Å². The maximum absolute atomic E-state index is 12.9. The Morgan fingerprint density at radius 1 is 0.903 bits per heavy atom. The molecule has 1 heterocycles. The van der Waals surface area contributed by atoms with E-state index in [0.717, 1.165) is 25.7 Å². The van der Waals surface area contributed by atoms with Gasteiger partial charge in [0.15, 0.2) is 0 Å². The van der Waals surface area contributed by atoms with E-state index in [2.05, 4.69) is 4.72 Å². The van der Waals surface area contributed by atoms with E-state index in [-0.39, 0.29) is 21.0 Å². The zero-order valence-corrected chi connectivity index (χ0v) is 19.1. The largest absolute Gasteiger partial charge is 0.465 e. The molecule has 10 heteroatoms. The number of ether oxygens (including phenoxy) is 1. The van der Waals surface area contributed by atoms with Crippen LogP contribution in [0.1, 0.15) is 41.6 Å². The molecule has 2 aromatic carbocycles. The molecule has 168 valence electrons. The summed E-state index contributed by atoms with van der Waals surface area (Å²) in [5.74, 6) is -0.627. The SMILES string of the molecule is COC(=O)c1cc(S(=O)(=O)Nc2ccc(S(=O)(=O)N3CCCCCC3)cc2)ccc1C. The molecular formula is C21H26N2O6S2. The Bertz CT molecular complexity index is 1150. The number of rotatable bonds is 6. The molecule has 1 saturated heterocycles. The number of esters is 1. The lowest BCUT2D eigenvalue weighted by Gasteiger charge is -2.20. The molecule has 0 aromatic heterocycles. The molecule has 31 heavy (non-hydrogen) atoms. The molecule has 2 aromatic rings. The van der Waals surface area contributed by atoms with Crippen LogP contribution in [0.15, 0.2) is 52.3 Å². The van der Waals surface area contributed by atoms with Gasteiger partial charge >= 0.3 is 5.97 Å². The van der Waals surface area contributed by atoms with Gasteiger partial charge in [-0.1, -0.05) is 18.9 Å². The number of hydrogen-bond acceptors (Lipinski definition) is 6. The van der Waals surface area contributed by atoms with E-state index in [1.807, 2.05) is 0 Å². The lowest BCUT2D eigenvalue weighted by Crippen LogP contribution is -2.31. The van der Waals surface area contributed by atoms with Crippen LogP contribution >= 0.6 is 0 Å². The fraction of sp³-hybridized carbons (Fsp3) is 0.381. The van der Waals surface area contributed by atoms with Gasteiger partial charge in [-0.2, -0.15) is 4.31 Å². The first kappa shape index (κ1) is 23.2. The van der Waals surface area contributed by atoms with Crippen LogP contribution in [0.5, 0.6) is 0 Å². The minimum absolute atomic E-state index is 0.0974. The molecule has 0 aliphatic carbocycles. The third kappa shape index (κ3) is 5.25. The maximum atomic E-state index is 12.9. The highest BCUT2D eigenvalue weighted by molar-refractivity contribution is 7.92. The molecule has 0 radical (unpaired) electrons. The van der Waals surface area contributed by atoms with Crippen LogP contribution in [0, 0.1) is 6.92 Å². The van der Waals surface area contributed by atoms with E-state index < -0.39 is 26.0 Å². The molecular weight excluding hydrogens is 440 g/mol. The van der Waals surface area contributed by atoms with Gasteiger partial charge in [0.25, 0.3) is 10.0 Å². The number of hydrogen-bond donors (Lipinski definition) is 1. The Kier molecular flexibility index (Phi) is 7.03. The first-order valence-corrected chi connectivity index (χ1v) is 12.9. The number of aryl methyl sites for hydroxylation is 1. The molecule has 0 unspecified atom stereocenters. The van der Waals surface area contributed by atoms with Crippen molar-refractivity contribution in [1.82, 2.24) is 4.31 Å². The standard InChI is InChI=1S/C21H26N2O6S2/c1-16-7-10-19(15-20(16)21(24)29-2)30(25,26)22-17-8-11-18(12-9-17)31(27,28)23-13-5-3-4-6-14-23/h7-12,15,22H,3-6,13-14H2,1-2H3. The van der Waals surface area contributed by atoms with Gasteiger partial charge in [-0.3, -0.25) is 4.72 Å². The van der Waals surface area contributed by atoms with Crippen LogP contribution in [0.2, 0.25) is 0 Å². The minimum Gasteiger partial charge on any atom is -0.465 e. The average Bonchev–Trinajstić information content (AvgIpc) is 3.03. The van der Waals surface area contributed by atoms with Gasteiger partial charge < -0.3 is 4.74 Å². The van der Waals surface area contributed by atoms with Crippen molar-refractivity contribution >= 4 is 31.7 Å². The third-order valence-corrected chi connectivity index (χ3v) is 8.53. The molecule has 1 fully saturated rings. The Hall–Kier alpha value is -2.43. The number of carbonyl (C=O) groups excluding carboxylic acids is 1. The zero-order chi connectivity index (χ0) is 22.6. The van der Waals surface area contributed by atoms with Crippen LogP contribution in [-0.4, -0.2) is 47.3 Å². The number of benzene rings is 2. The van der Waals surface area contributed by atoms with Crippen molar-refractivity contribution in [3.05, 3.63) is 53.6 Å². The van der Waals surface area contributed by atoms with Crippen molar-refractivity contribution in [2.45, 2.75) is 42.4 Å². The van der Waals surface area contributed by atoms with Crippen molar-refractivity contribution in [3.63, 3.8) is 0 Å². The second kappa shape index (κ2) is 9.37. The van der Waals surface area contributed by atoms with E-state index in [0.29, 0.717) is 18.7 Å². The molecule has 0 amide bonds. The van der Waals surface area contributed by atoms with Crippen LogP contribution in [0.4, 0.5) is 5.69 Å². The summed E-state index contributed by atoms with van der Waals surface area (Å²) in [5, 5.41) is 0. The summed E-state index contributed by atoms with van der Waals surface area (Å²) in [4.78, 5) is 11.9. The van der Waals surface area contributed by atoms with Crippen LogP contribution in [0.3, 0.4) is 0 Å². The Morgan fingerprint density at radius 3 is 2.06 bits per heavy atom. The summed E-state index contributed by atoms with van der Waals surface area (Å²) < 4.78 is 59.8. The first-order valence-electron chi connectivity index (χ1n) is 9.97. The minimum atomic E-state index is -3.99. The molecule has 3 rings (SSSR count). The normalized spacial score (nSPS) is 15.8. The molecule has 0 bridgehead atoms. The molecule has 1 aliphatic heterocycles. The molecule has 0 spiro atoms. The fourth-order valence-corrected chi connectivity index (χ4v) is 6.04. The van der Waals surface area contributed by atoms with Gasteiger partial charge in [-0.15, -0.1) is 0 Å². The van der Waals surface area contributed by atoms with Crippen LogP contribution in [-0.2, 0) is 24.8 Å². The highest BCUT2D eigenvalue weighted by atomic mass is 32.2. The van der Waals surface area contributed by atoms with E-state index in [9.17, 15) is 21.6 Å². The predicted molar refractivity (Wildman–Crippen MR) is 117 cm³/mol.